The van der Waals surface area contributed by atoms with Crippen LogP contribution in [-0.2, 0) is 26.2 Å². The third-order valence-corrected chi connectivity index (χ3v) is 7.14. The summed E-state index contributed by atoms with van der Waals surface area (Å²) in [4.78, 5) is 27.5. The van der Waals surface area contributed by atoms with Crippen LogP contribution in [0.2, 0.25) is 10.0 Å². The second kappa shape index (κ2) is 13.1. The third kappa shape index (κ3) is 8.37. The van der Waals surface area contributed by atoms with Crippen molar-refractivity contribution in [3.05, 3.63) is 63.9 Å². The maximum absolute atomic E-state index is 13.3. The van der Waals surface area contributed by atoms with Crippen LogP contribution in [0.4, 0.5) is 10.1 Å². The van der Waals surface area contributed by atoms with Gasteiger partial charge >= 0.3 is 0 Å². The molecule has 2 aromatic carbocycles. The number of nitrogens with one attached hydrogen (secondary N) is 1. The molecule has 2 aromatic rings. The molecule has 0 aliphatic carbocycles. The van der Waals surface area contributed by atoms with Gasteiger partial charge in [0.1, 0.15) is 11.9 Å². The zero-order valence-electron chi connectivity index (χ0n) is 19.9. The summed E-state index contributed by atoms with van der Waals surface area (Å²) >= 11 is 12.3. The molecule has 0 bridgehead atoms. The zero-order chi connectivity index (χ0) is 26.2. The molecule has 2 amide bonds. The summed E-state index contributed by atoms with van der Waals surface area (Å²) in [7, 11) is -3.66. The van der Waals surface area contributed by atoms with Crippen LogP contribution in [0.25, 0.3) is 0 Å². The Labute approximate surface area is 216 Å². The number of amides is 2. The summed E-state index contributed by atoms with van der Waals surface area (Å²) < 4.78 is 39.0. The van der Waals surface area contributed by atoms with Crippen molar-refractivity contribution in [3.63, 3.8) is 0 Å². The van der Waals surface area contributed by atoms with E-state index in [1.54, 1.807) is 25.1 Å². The Kier molecular flexibility index (Phi) is 10.8. The molecule has 0 fully saturated rings. The number of sulfonamides is 1. The Morgan fingerprint density at radius 3 is 2.29 bits per heavy atom. The van der Waals surface area contributed by atoms with Crippen molar-refractivity contribution in [2.24, 2.45) is 0 Å². The molecule has 0 saturated carbocycles. The number of rotatable bonds is 12. The van der Waals surface area contributed by atoms with E-state index in [1.165, 1.54) is 29.2 Å². The van der Waals surface area contributed by atoms with Gasteiger partial charge in [0.25, 0.3) is 0 Å². The van der Waals surface area contributed by atoms with Crippen molar-refractivity contribution >= 4 is 50.7 Å². The molecule has 0 aliphatic rings. The molecule has 11 heteroatoms. The molecule has 7 nitrogen and oxygen atoms in total. The van der Waals surface area contributed by atoms with Gasteiger partial charge in [0.2, 0.25) is 21.8 Å². The van der Waals surface area contributed by atoms with Crippen LogP contribution in [0.3, 0.4) is 0 Å². The second-order valence-corrected chi connectivity index (χ2v) is 10.7. The molecular formula is C24H30Cl2FN3O4S. The van der Waals surface area contributed by atoms with E-state index in [0.29, 0.717) is 34.3 Å². The Morgan fingerprint density at radius 2 is 1.74 bits per heavy atom. The molecule has 0 aromatic heterocycles. The maximum atomic E-state index is 13.3. The van der Waals surface area contributed by atoms with Crippen molar-refractivity contribution in [3.8, 4) is 0 Å². The van der Waals surface area contributed by atoms with Crippen LogP contribution in [0.5, 0.6) is 0 Å². The first-order valence-corrected chi connectivity index (χ1v) is 13.8. The van der Waals surface area contributed by atoms with Crippen LogP contribution in [-0.4, -0.2) is 50.5 Å². The van der Waals surface area contributed by atoms with Gasteiger partial charge in [0, 0.05) is 36.1 Å². The fourth-order valence-corrected chi connectivity index (χ4v) is 5.09. The van der Waals surface area contributed by atoms with E-state index in [1.807, 2.05) is 6.92 Å². The summed E-state index contributed by atoms with van der Waals surface area (Å²) in [6.07, 6.45) is 1.62. The first kappa shape index (κ1) is 28.9. The lowest BCUT2D eigenvalue weighted by Crippen LogP contribution is -2.49. The second-order valence-electron chi connectivity index (χ2n) is 7.99. The number of anilines is 1. The molecule has 0 saturated heterocycles. The van der Waals surface area contributed by atoms with E-state index in [4.69, 9.17) is 23.2 Å². The smallest absolute Gasteiger partial charge is 0.242 e. The van der Waals surface area contributed by atoms with E-state index < -0.39 is 21.9 Å². The van der Waals surface area contributed by atoms with E-state index in [2.05, 4.69) is 5.32 Å². The highest BCUT2D eigenvalue weighted by molar-refractivity contribution is 7.92. The fourth-order valence-electron chi connectivity index (χ4n) is 3.66. The van der Waals surface area contributed by atoms with E-state index in [0.717, 1.165) is 10.6 Å². The molecular weight excluding hydrogens is 516 g/mol. The molecule has 1 atom stereocenters. The molecule has 1 unspecified atom stereocenters. The predicted molar refractivity (Wildman–Crippen MR) is 138 cm³/mol. The van der Waals surface area contributed by atoms with Crippen LogP contribution in [0.15, 0.2) is 42.5 Å². The number of likely N-dealkylation sites (N-methyl/N-ethyl adjacent to an activating group) is 1. The SMILES string of the molecule is CCNC(=O)C(CC)N(Cc1ccc(Cl)cc1Cl)C(=O)CCCN(c1ccc(F)cc1)S(C)(=O)=O. The molecule has 0 radical (unpaired) electrons. The zero-order valence-corrected chi connectivity index (χ0v) is 22.3. The molecule has 0 spiro atoms. The minimum atomic E-state index is -3.66. The lowest BCUT2D eigenvalue weighted by atomic mass is 10.1. The van der Waals surface area contributed by atoms with E-state index in [-0.39, 0.29) is 37.7 Å². The van der Waals surface area contributed by atoms with Crippen LogP contribution >= 0.6 is 23.2 Å². The lowest BCUT2D eigenvalue weighted by molar-refractivity contribution is -0.141. The van der Waals surface area contributed by atoms with Gasteiger partial charge in [-0.3, -0.25) is 13.9 Å². The topological polar surface area (TPSA) is 86.8 Å². The van der Waals surface area contributed by atoms with Gasteiger partial charge in [-0.25, -0.2) is 12.8 Å². The third-order valence-electron chi connectivity index (χ3n) is 5.36. The van der Waals surface area contributed by atoms with Gasteiger partial charge in [-0.2, -0.15) is 0 Å². The van der Waals surface area contributed by atoms with Gasteiger partial charge < -0.3 is 10.2 Å². The predicted octanol–water partition coefficient (Wildman–Crippen LogP) is 4.62. The van der Waals surface area contributed by atoms with Crippen molar-refractivity contribution in [1.29, 1.82) is 0 Å². The van der Waals surface area contributed by atoms with Gasteiger partial charge in [0.15, 0.2) is 0 Å². The van der Waals surface area contributed by atoms with Crippen molar-refractivity contribution in [2.75, 3.05) is 23.7 Å². The minimum Gasteiger partial charge on any atom is -0.355 e. The number of hydrogen-bond donors (Lipinski definition) is 1. The summed E-state index contributed by atoms with van der Waals surface area (Å²) in [5, 5.41) is 3.58. The van der Waals surface area contributed by atoms with Gasteiger partial charge in [-0.1, -0.05) is 36.2 Å². The first-order valence-electron chi connectivity index (χ1n) is 11.2. The highest BCUT2D eigenvalue weighted by Gasteiger charge is 2.29. The summed E-state index contributed by atoms with van der Waals surface area (Å²) in [5.74, 6) is -1.08. The number of benzene rings is 2. The van der Waals surface area contributed by atoms with Gasteiger partial charge in [-0.15, -0.1) is 0 Å². The first-order chi connectivity index (χ1) is 16.5. The van der Waals surface area contributed by atoms with Gasteiger partial charge in [0.05, 0.1) is 11.9 Å². The van der Waals surface area contributed by atoms with Crippen molar-refractivity contribution in [2.45, 2.75) is 45.7 Å². The molecule has 35 heavy (non-hydrogen) atoms. The fraction of sp³-hybridized carbons (Fsp3) is 0.417. The molecule has 2 rings (SSSR count). The number of hydrogen-bond acceptors (Lipinski definition) is 4. The summed E-state index contributed by atoms with van der Waals surface area (Å²) in [5.41, 5.74) is 0.941. The highest BCUT2D eigenvalue weighted by atomic mass is 35.5. The summed E-state index contributed by atoms with van der Waals surface area (Å²) in [6.45, 7) is 4.13. The van der Waals surface area contributed by atoms with E-state index >= 15 is 0 Å². The average molecular weight is 546 g/mol. The Bertz CT molecular complexity index is 1130. The molecule has 0 heterocycles. The molecule has 0 aliphatic heterocycles. The highest BCUT2D eigenvalue weighted by Crippen LogP contribution is 2.25. The summed E-state index contributed by atoms with van der Waals surface area (Å²) in [6, 6.07) is 9.30. The Hall–Kier alpha value is -2.36. The Morgan fingerprint density at radius 1 is 1.09 bits per heavy atom. The van der Waals surface area contributed by atoms with Crippen molar-refractivity contribution < 1.29 is 22.4 Å². The number of nitrogens with zero attached hydrogens (tertiary/aromatic N) is 2. The van der Waals surface area contributed by atoms with Gasteiger partial charge in [-0.05, 0) is 61.7 Å². The van der Waals surface area contributed by atoms with Crippen molar-refractivity contribution in [1.82, 2.24) is 10.2 Å². The standard InChI is InChI=1S/C24H30Cl2FN3O4S/c1-4-22(24(32)28-5-2)29(16-17-8-9-18(25)15-21(17)26)23(31)7-6-14-30(35(3,33)34)20-12-10-19(27)11-13-20/h8-13,15,22H,4-7,14,16H2,1-3H3,(H,28,32). The maximum Gasteiger partial charge on any atom is 0.242 e. The molecule has 192 valence electrons. The normalized spacial score (nSPS) is 12.2. The largest absolute Gasteiger partial charge is 0.355 e. The molecule has 1 N–H and O–H groups in total. The minimum absolute atomic E-state index is 0.00563. The monoisotopic (exact) mass is 545 g/mol. The van der Waals surface area contributed by atoms with Crippen LogP contribution in [0.1, 0.15) is 38.7 Å². The number of carbonyl (C=O) groups is 2. The number of carbonyl (C=O) groups excluding carboxylic acids is 2. The quantitative estimate of drug-likeness (QED) is 0.421. The van der Waals surface area contributed by atoms with Crippen LogP contribution < -0.4 is 9.62 Å². The Balaban J connectivity index is 2.23. The van der Waals surface area contributed by atoms with Crippen LogP contribution in [0, 0.1) is 5.82 Å². The lowest BCUT2D eigenvalue weighted by Gasteiger charge is -2.31. The number of halogens is 3. The van der Waals surface area contributed by atoms with E-state index in [9.17, 15) is 22.4 Å². The average Bonchev–Trinajstić information content (AvgIpc) is 2.78.